The van der Waals surface area contributed by atoms with Crippen LogP contribution in [-0.2, 0) is 6.54 Å². The second-order valence-corrected chi connectivity index (χ2v) is 4.78. The second-order valence-electron chi connectivity index (χ2n) is 3.96. The molecule has 0 aliphatic heterocycles. The van der Waals surface area contributed by atoms with Gasteiger partial charge in [0.15, 0.2) is 0 Å². The first kappa shape index (κ1) is 13.3. The number of hydrogen-bond donors (Lipinski definition) is 1. The zero-order valence-electron chi connectivity index (χ0n) is 9.81. The van der Waals surface area contributed by atoms with Crippen molar-refractivity contribution in [2.24, 2.45) is 0 Å². The van der Waals surface area contributed by atoms with Crippen LogP contribution in [0.2, 0.25) is 10.0 Å². The first-order chi connectivity index (χ1) is 8.61. The first-order valence-electron chi connectivity index (χ1n) is 5.50. The fourth-order valence-electron chi connectivity index (χ4n) is 1.77. The van der Waals surface area contributed by atoms with Crippen molar-refractivity contribution in [2.45, 2.75) is 6.54 Å². The van der Waals surface area contributed by atoms with Crippen LogP contribution in [0.3, 0.4) is 0 Å². The van der Waals surface area contributed by atoms with Gasteiger partial charge >= 0.3 is 0 Å². The lowest BCUT2D eigenvalue weighted by Gasteiger charge is -2.08. The van der Waals surface area contributed by atoms with Crippen LogP contribution >= 0.6 is 23.2 Å². The number of hydrogen-bond acceptors (Lipinski definition) is 1. The summed E-state index contributed by atoms with van der Waals surface area (Å²) < 4.78 is 13.2. The van der Waals surface area contributed by atoms with Crippen LogP contribution < -0.4 is 5.32 Å². The summed E-state index contributed by atoms with van der Waals surface area (Å²) in [6, 6.07) is 9.89. The molecule has 1 nitrogen and oxygen atoms in total. The molecule has 2 aromatic rings. The molecule has 18 heavy (non-hydrogen) atoms. The van der Waals surface area contributed by atoms with Gasteiger partial charge in [-0.05, 0) is 42.4 Å². The van der Waals surface area contributed by atoms with E-state index in [1.807, 2.05) is 19.2 Å². The summed E-state index contributed by atoms with van der Waals surface area (Å²) in [4.78, 5) is 0. The van der Waals surface area contributed by atoms with Gasteiger partial charge in [-0.25, -0.2) is 4.39 Å². The molecule has 0 saturated carbocycles. The average Bonchev–Trinajstić information content (AvgIpc) is 2.35. The molecule has 0 aliphatic carbocycles. The Hall–Kier alpha value is -1.09. The summed E-state index contributed by atoms with van der Waals surface area (Å²) in [6.07, 6.45) is 0. The maximum atomic E-state index is 13.2. The number of rotatable bonds is 3. The Labute approximate surface area is 116 Å². The molecule has 1 N–H and O–H groups in total. The molecule has 2 rings (SSSR count). The van der Waals surface area contributed by atoms with E-state index in [2.05, 4.69) is 5.32 Å². The van der Waals surface area contributed by atoms with Crippen molar-refractivity contribution >= 4 is 23.2 Å². The van der Waals surface area contributed by atoms with E-state index in [1.165, 1.54) is 12.1 Å². The predicted octanol–water partition coefficient (Wildman–Crippen LogP) is 4.52. The van der Waals surface area contributed by atoms with E-state index < -0.39 is 0 Å². The van der Waals surface area contributed by atoms with E-state index in [4.69, 9.17) is 23.2 Å². The SMILES string of the molecule is CNCc1ccc(-c2cc(F)ccc2Cl)cc1Cl. The van der Waals surface area contributed by atoms with Crippen molar-refractivity contribution in [1.29, 1.82) is 0 Å². The monoisotopic (exact) mass is 283 g/mol. The third-order valence-electron chi connectivity index (χ3n) is 2.66. The van der Waals surface area contributed by atoms with Crippen LogP contribution in [0.1, 0.15) is 5.56 Å². The van der Waals surface area contributed by atoms with Gasteiger partial charge in [0.2, 0.25) is 0 Å². The van der Waals surface area contributed by atoms with Crippen molar-refractivity contribution in [3.63, 3.8) is 0 Å². The molecule has 0 heterocycles. The van der Waals surface area contributed by atoms with Crippen molar-refractivity contribution in [3.8, 4) is 11.1 Å². The zero-order valence-corrected chi connectivity index (χ0v) is 11.3. The predicted molar refractivity (Wildman–Crippen MR) is 74.6 cm³/mol. The van der Waals surface area contributed by atoms with Gasteiger partial charge in [-0.15, -0.1) is 0 Å². The van der Waals surface area contributed by atoms with Crippen molar-refractivity contribution in [3.05, 3.63) is 57.8 Å². The topological polar surface area (TPSA) is 12.0 Å². The van der Waals surface area contributed by atoms with Gasteiger partial charge in [0.1, 0.15) is 5.82 Å². The van der Waals surface area contributed by atoms with Gasteiger partial charge in [-0.3, -0.25) is 0 Å². The fourth-order valence-corrected chi connectivity index (χ4v) is 2.24. The van der Waals surface area contributed by atoms with Gasteiger partial charge in [0.25, 0.3) is 0 Å². The summed E-state index contributed by atoms with van der Waals surface area (Å²) in [5, 5.41) is 4.18. The summed E-state index contributed by atoms with van der Waals surface area (Å²) in [6.45, 7) is 0.690. The van der Waals surface area contributed by atoms with Crippen LogP contribution in [-0.4, -0.2) is 7.05 Å². The Morgan fingerprint density at radius 1 is 1.06 bits per heavy atom. The van der Waals surface area contributed by atoms with Gasteiger partial charge in [0, 0.05) is 22.2 Å². The van der Waals surface area contributed by atoms with Crippen LogP contribution in [0.5, 0.6) is 0 Å². The number of benzene rings is 2. The first-order valence-corrected chi connectivity index (χ1v) is 6.26. The summed E-state index contributed by atoms with van der Waals surface area (Å²) >= 11 is 12.2. The highest BCUT2D eigenvalue weighted by atomic mass is 35.5. The molecule has 0 amide bonds. The molecule has 0 spiro atoms. The molecule has 2 aromatic carbocycles. The van der Waals surface area contributed by atoms with Crippen LogP contribution in [0.15, 0.2) is 36.4 Å². The zero-order chi connectivity index (χ0) is 13.1. The maximum absolute atomic E-state index is 13.2. The summed E-state index contributed by atoms with van der Waals surface area (Å²) in [7, 11) is 1.85. The Morgan fingerprint density at radius 3 is 2.50 bits per heavy atom. The molecule has 0 unspecified atom stereocenters. The molecule has 0 saturated heterocycles. The van der Waals surface area contributed by atoms with E-state index in [9.17, 15) is 4.39 Å². The van der Waals surface area contributed by atoms with Gasteiger partial charge in [-0.1, -0.05) is 35.3 Å². The molecule has 0 atom stereocenters. The molecule has 0 radical (unpaired) electrons. The van der Waals surface area contributed by atoms with Gasteiger partial charge < -0.3 is 5.32 Å². The fraction of sp³-hybridized carbons (Fsp3) is 0.143. The normalized spacial score (nSPS) is 10.7. The number of halogens is 3. The summed E-state index contributed by atoms with van der Waals surface area (Å²) in [5.41, 5.74) is 2.45. The highest BCUT2D eigenvalue weighted by Crippen LogP contribution is 2.31. The third-order valence-corrected chi connectivity index (χ3v) is 3.34. The molecule has 0 fully saturated rings. The molecule has 94 valence electrons. The smallest absolute Gasteiger partial charge is 0.123 e. The summed E-state index contributed by atoms with van der Waals surface area (Å²) in [5.74, 6) is -0.315. The van der Waals surface area contributed by atoms with Crippen molar-refractivity contribution in [2.75, 3.05) is 7.05 Å². The van der Waals surface area contributed by atoms with E-state index in [-0.39, 0.29) is 5.82 Å². The van der Waals surface area contributed by atoms with E-state index in [1.54, 1.807) is 12.1 Å². The Balaban J connectivity index is 2.45. The average molecular weight is 284 g/mol. The highest BCUT2D eigenvalue weighted by Gasteiger charge is 2.07. The molecular weight excluding hydrogens is 272 g/mol. The standard InChI is InChI=1S/C14H12Cl2FN/c1-18-8-10-3-2-9(6-14(10)16)12-7-11(17)4-5-13(12)15/h2-7,18H,8H2,1H3. The molecule has 0 aromatic heterocycles. The number of nitrogens with one attached hydrogen (secondary N) is 1. The lowest BCUT2D eigenvalue weighted by atomic mass is 10.0. The maximum Gasteiger partial charge on any atom is 0.123 e. The Kier molecular flexibility index (Phi) is 4.23. The van der Waals surface area contributed by atoms with Crippen LogP contribution in [0.25, 0.3) is 11.1 Å². The van der Waals surface area contributed by atoms with Crippen molar-refractivity contribution < 1.29 is 4.39 Å². The minimum atomic E-state index is -0.315. The molecule has 4 heteroatoms. The largest absolute Gasteiger partial charge is 0.316 e. The van der Waals surface area contributed by atoms with Crippen molar-refractivity contribution in [1.82, 2.24) is 5.32 Å². The molecule has 0 aliphatic rings. The quantitative estimate of drug-likeness (QED) is 0.873. The minimum absolute atomic E-state index is 0.315. The van der Waals surface area contributed by atoms with Gasteiger partial charge in [-0.2, -0.15) is 0 Å². The molecular formula is C14H12Cl2FN. The van der Waals surface area contributed by atoms with Gasteiger partial charge in [0.05, 0.1) is 0 Å². The highest BCUT2D eigenvalue weighted by molar-refractivity contribution is 6.34. The second kappa shape index (κ2) is 5.70. The lowest BCUT2D eigenvalue weighted by Crippen LogP contribution is -2.05. The van der Waals surface area contributed by atoms with Crippen LogP contribution in [0.4, 0.5) is 4.39 Å². The van der Waals surface area contributed by atoms with E-state index in [0.29, 0.717) is 22.2 Å². The van der Waals surface area contributed by atoms with E-state index in [0.717, 1.165) is 11.1 Å². The lowest BCUT2D eigenvalue weighted by molar-refractivity contribution is 0.628. The van der Waals surface area contributed by atoms with E-state index >= 15 is 0 Å². The van der Waals surface area contributed by atoms with Crippen LogP contribution in [0, 0.1) is 5.82 Å². The Bertz CT molecular complexity index is 570. The minimum Gasteiger partial charge on any atom is -0.316 e. The molecule has 0 bridgehead atoms. The Morgan fingerprint density at radius 2 is 1.83 bits per heavy atom. The third kappa shape index (κ3) is 2.83.